The van der Waals surface area contributed by atoms with Crippen molar-refractivity contribution < 1.29 is 4.74 Å². The molecule has 33 heavy (non-hydrogen) atoms. The predicted molar refractivity (Wildman–Crippen MR) is 155 cm³/mol. The molecule has 4 rings (SSSR count). The fourth-order valence-electron chi connectivity index (χ4n) is 3.73. The largest absolute Gasteiger partial charge is 0.353 e. The van der Waals surface area contributed by atoms with Crippen LogP contribution < -0.4 is 21.2 Å². The molecule has 2 unspecified atom stereocenters. The molecule has 0 spiro atoms. The summed E-state index contributed by atoms with van der Waals surface area (Å²) in [4.78, 5) is 0. The maximum absolute atomic E-state index is 6.36. The molecule has 0 aliphatic rings. The number of ether oxygens (including phenoxy) is 1. The maximum atomic E-state index is 6.36. The smallest absolute Gasteiger partial charge is 0.106 e. The monoisotopic (exact) mass is 506 g/mol. The normalized spacial score (nSPS) is 13.2. The number of hydrogen-bond donors (Lipinski definition) is 2. The summed E-state index contributed by atoms with van der Waals surface area (Å²) >= 11 is 9.72. The summed E-state index contributed by atoms with van der Waals surface area (Å²) in [6, 6.07) is 42.8. The summed E-state index contributed by atoms with van der Waals surface area (Å²) in [5, 5.41) is 5.36. The molecular weight excluding hydrogens is 478 g/mol. The molecule has 0 aromatic heterocycles. The molecule has 5 heteroatoms. The SMILES string of the molecule is SC(CP(c1ccccc1)c1ccccc1)OC(S)CP(c1ccccc1)c1ccccc1. The molecule has 0 heterocycles. The Labute approximate surface area is 210 Å². The zero-order valence-electron chi connectivity index (χ0n) is 18.3. The van der Waals surface area contributed by atoms with Gasteiger partial charge in [-0.15, -0.1) is 25.3 Å². The lowest BCUT2D eigenvalue weighted by molar-refractivity contribution is 0.121. The second kappa shape index (κ2) is 12.7. The van der Waals surface area contributed by atoms with Crippen LogP contribution in [-0.4, -0.2) is 23.2 Å². The molecule has 0 fully saturated rings. The van der Waals surface area contributed by atoms with Gasteiger partial charge in [0.25, 0.3) is 0 Å². The molecule has 0 aliphatic heterocycles. The van der Waals surface area contributed by atoms with E-state index in [1.165, 1.54) is 21.2 Å². The van der Waals surface area contributed by atoms with Gasteiger partial charge in [0.1, 0.15) is 10.9 Å². The van der Waals surface area contributed by atoms with E-state index in [4.69, 9.17) is 30.0 Å². The van der Waals surface area contributed by atoms with Crippen LogP contribution in [0.5, 0.6) is 0 Å². The molecule has 0 amide bonds. The Bertz CT molecular complexity index is 914. The summed E-state index contributed by atoms with van der Waals surface area (Å²) < 4.78 is 6.36. The van der Waals surface area contributed by atoms with Crippen molar-refractivity contribution in [3.05, 3.63) is 121 Å². The molecule has 0 bridgehead atoms. The van der Waals surface area contributed by atoms with Gasteiger partial charge in [0, 0.05) is 12.3 Å². The molecule has 1 nitrogen and oxygen atoms in total. The molecule has 4 aromatic rings. The molecule has 0 saturated heterocycles. The predicted octanol–water partition coefficient (Wildman–Crippen LogP) is 5.78. The average molecular weight is 507 g/mol. The molecule has 168 valence electrons. The van der Waals surface area contributed by atoms with Gasteiger partial charge < -0.3 is 4.74 Å². The Morgan fingerprint density at radius 1 is 0.455 bits per heavy atom. The fourth-order valence-corrected chi connectivity index (χ4v) is 9.47. The van der Waals surface area contributed by atoms with E-state index in [0.717, 1.165) is 12.3 Å². The summed E-state index contributed by atoms with van der Waals surface area (Å²) in [6.07, 6.45) is 1.69. The topological polar surface area (TPSA) is 9.23 Å². The lowest BCUT2D eigenvalue weighted by atomic mass is 10.4. The molecule has 0 saturated carbocycles. The standard InChI is InChI=1S/C28H28OP2S2/c32-27(21-30(23-13-5-1-6-14-23)24-15-7-2-8-16-24)29-28(33)22-31(25-17-9-3-10-18-25)26-19-11-4-12-20-26/h1-20,27-28,32-33H,21-22H2. The quantitative estimate of drug-likeness (QED) is 0.158. The van der Waals surface area contributed by atoms with Gasteiger partial charge in [0.15, 0.2) is 0 Å². The minimum Gasteiger partial charge on any atom is -0.353 e. The van der Waals surface area contributed by atoms with Gasteiger partial charge in [-0.05, 0) is 37.1 Å². The average Bonchev–Trinajstić information content (AvgIpc) is 2.88. The third-order valence-electron chi connectivity index (χ3n) is 5.26. The van der Waals surface area contributed by atoms with E-state index in [1.54, 1.807) is 0 Å². The highest BCUT2D eigenvalue weighted by Gasteiger charge is 2.23. The van der Waals surface area contributed by atoms with Crippen LogP contribution in [0.1, 0.15) is 0 Å². The third-order valence-corrected chi connectivity index (χ3v) is 11.5. The first kappa shape index (κ1) is 24.5. The molecule has 0 aliphatic carbocycles. The van der Waals surface area contributed by atoms with Crippen molar-refractivity contribution in [2.75, 3.05) is 12.3 Å². The van der Waals surface area contributed by atoms with Crippen LogP contribution in [0.2, 0.25) is 0 Å². The van der Waals surface area contributed by atoms with Gasteiger partial charge in [-0.2, -0.15) is 0 Å². The highest BCUT2D eigenvalue weighted by Crippen LogP contribution is 2.38. The summed E-state index contributed by atoms with van der Waals surface area (Å²) in [5.74, 6) is 0. The minimum atomic E-state index is -0.559. The summed E-state index contributed by atoms with van der Waals surface area (Å²) in [6.45, 7) is 0. The van der Waals surface area contributed by atoms with Crippen LogP contribution in [-0.2, 0) is 4.74 Å². The summed E-state index contributed by atoms with van der Waals surface area (Å²) in [7, 11) is -1.12. The first-order chi connectivity index (χ1) is 16.2. The highest BCUT2D eigenvalue weighted by atomic mass is 32.1. The number of benzene rings is 4. The molecular formula is C28H28OP2S2. The lowest BCUT2D eigenvalue weighted by Crippen LogP contribution is -2.26. The molecule has 4 aromatic carbocycles. The first-order valence-corrected chi connectivity index (χ1v) is 15.1. The van der Waals surface area contributed by atoms with E-state index in [9.17, 15) is 0 Å². The summed E-state index contributed by atoms with van der Waals surface area (Å²) in [5.41, 5.74) is -0.384. The Morgan fingerprint density at radius 3 is 0.939 bits per heavy atom. The van der Waals surface area contributed by atoms with Crippen LogP contribution in [0.15, 0.2) is 121 Å². The number of hydrogen-bond acceptors (Lipinski definition) is 3. The van der Waals surface area contributed by atoms with Gasteiger partial charge in [-0.3, -0.25) is 0 Å². The van der Waals surface area contributed by atoms with E-state index in [-0.39, 0.29) is 10.9 Å². The molecule has 0 radical (unpaired) electrons. The minimum absolute atomic E-state index is 0.192. The molecule has 0 N–H and O–H groups in total. The van der Waals surface area contributed by atoms with E-state index in [2.05, 4.69) is 121 Å². The van der Waals surface area contributed by atoms with E-state index >= 15 is 0 Å². The lowest BCUT2D eigenvalue weighted by Gasteiger charge is -2.27. The van der Waals surface area contributed by atoms with Crippen LogP contribution in [0.4, 0.5) is 0 Å². The second-order valence-corrected chi connectivity index (χ2v) is 13.3. The second-order valence-electron chi connectivity index (χ2n) is 7.61. The van der Waals surface area contributed by atoms with Crippen LogP contribution in [0.3, 0.4) is 0 Å². The van der Waals surface area contributed by atoms with Crippen LogP contribution in [0, 0.1) is 0 Å². The van der Waals surface area contributed by atoms with Crippen molar-refractivity contribution >= 4 is 62.3 Å². The van der Waals surface area contributed by atoms with Crippen LogP contribution in [0.25, 0.3) is 0 Å². The van der Waals surface area contributed by atoms with Crippen molar-refractivity contribution in [2.24, 2.45) is 0 Å². The zero-order valence-corrected chi connectivity index (χ0v) is 21.9. The number of rotatable bonds is 10. The van der Waals surface area contributed by atoms with Crippen molar-refractivity contribution in [3.8, 4) is 0 Å². The van der Waals surface area contributed by atoms with E-state index < -0.39 is 15.8 Å². The van der Waals surface area contributed by atoms with Crippen molar-refractivity contribution in [1.82, 2.24) is 0 Å². The van der Waals surface area contributed by atoms with Crippen molar-refractivity contribution in [2.45, 2.75) is 10.9 Å². The number of thiol groups is 2. The van der Waals surface area contributed by atoms with Gasteiger partial charge in [0.05, 0.1) is 0 Å². The zero-order chi connectivity index (χ0) is 22.9. The van der Waals surface area contributed by atoms with Crippen molar-refractivity contribution in [1.29, 1.82) is 0 Å². The maximum Gasteiger partial charge on any atom is 0.106 e. The Morgan fingerprint density at radius 2 is 0.697 bits per heavy atom. The van der Waals surface area contributed by atoms with Crippen LogP contribution >= 0.6 is 41.1 Å². The highest BCUT2D eigenvalue weighted by molar-refractivity contribution is 7.83. The van der Waals surface area contributed by atoms with E-state index in [0.29, 0.717) is 0 Å². The van der Waals surface area contributed by atoms with Gasteiger partial charge >= 0.3 is 0 Å². The first-order valence-electron chi connectivity index (χ1n) is 11.0. The van der Waals surface area contributed by atoms with Gasteiger partial charge in [-0.1, -0.05) is 121 Å². The Hall–Kier alpha value is -1.60. The molecule has 2 atom stereocenters. The van der Waals surface area contributed by atoms with Crippen molar-refractivity contribution in [3.63, 3.8) is 0 Å². The Balaban J connectivity index is 1.47. The fraction of sp³-hybridized carbons (Fsp3) is 0.143. The Kier molecular flexibility index (Phi) is 9.47. The van der Waals surface area contributed by atoms with Gasteiger partial charge in [-0.25, -0.2) is 0 Å². The third kappa shape index (κ3) is 7.19. The van der Waals surface area contributed by atoms with Gasteiger partial charge in [0.2, 0.25) is 0 Å². The van der Waals surface area contributed by atoms with E-state index in [1.807, 2.05) is 0 Å².